The number of benzene rings is 1. The van der Waals surface area contributed by atoms with Gasteiger partial charge in [0.15, 0.2) is 5.60 Å². The lowest BCUT2D eigenvalue weighted by molar-refractivity contribution is 0.0697. The number of carboxylic acids is 1. The van der Waals surface area contributed by atoms with E-state index in [0.717, 1.165) is 0 Å². The number of carboxylic acid groups (broad SMARTS) is 1. The zero-order chi connectivity index (χ0) is 11.5. The smallest absolute Gasteiger partial charge is 0.335 e. The Hall–Kier alpha value is -1.95. The minimum Gasteiger partial charge on any atom is -0.478 e. The molecule has 0 heterocycles. The normalized spacial score (nSPS) is 10.5. The van der Waals surface area contributed by atoms with Crippen LogP contribution in [0, 0.1) is 12.3 Å². The quantitative estimate of drug-likeness (QED) is 0.767. The van der Waals surface area contributed by atoms with Gasteiger partial charge in [0.2, 0.25) is 0 Å². The summed E-state index contributed by atoms with van der Waals surface area (Å²) in [5, 5.41) is 8.68. The summed E-state index contributed by atoms with van der Waals surface area (Å²) >= 11 is 0. The number of rotatable bonds is 3. The van der Waals surface area contributed by atoms with Crippen molar-refractivity contribution in [3.8, 4) is 18.1 Å². The molecule has 78 valence electrons. The Balaban J connectivity index is 2.83. The van der Waals surface area contributed by atoms with Gasteiger partial charge in [0, 0.05) is 0 Å². The van der Waals surface area contributed by atoms with Gasteiger partial charge >= 0.3 is 5.97 Å². The van der Waals surface area contributed by atoms with Crippen LogP contribution in [-0.4, -0.2) is 16.7 Å². The lowest BCUT2D eigenvalue weighted by Crippen LogP contribution is -2.25. The predicted molar refractivity (Wildman–Crippen MR) is 56.9 cm³/mol. The SMILES string of the molecule is C#CC(C)(C)Oc1ccc(C(=O)O)cc1. The average Bonchev–Trinajstić information content (AvgIpc) is 2.18. The fourth-order valence-electron chi connectivity index (χ4n) is 0.990. The standard InChI is InChI=1S/C12H12O3/c1-4-12(2,3)15-10-7-5-9(6-8-10)11(13)14/h1,5-8H,2-3H3,(H,13,14). The van der Waals surface area contributed by atoms with Crippen LogP contribution in [-0.2, 0) is 0 Å². The van der Waals surface area contributed by atoms with Crippen molar-refractivity contribution in [2.45, 2.75) is 19.4 Å². The Bertz CT molecular complexity index is 396. The maximum atomic E-state index is 10.6. The maximum absolute atomic E-state index is 10.6. The minimum absolute atomic E-state index is 0.223. The van der Waals surface area contributed by atoms with Crippen molar-refractivity contribution in [2.24, 2.45) is 0 Å². The number of terminal acetylenes is 1. The van der Waals surface area contributed by atoms with Crippen LogP contribution >= 0.6 is 0 Å². The molecule has 3 heteroatoms. The number of aromatic carboxylic acids is 1. The lowest BCUT2D eigenvalue weighted by Gasteiger charge is -2.20. The van der Waals surface area contributed by atoms with Gasteiger partial charge < -0.3 is 9.84 Å². The summed E-state index contributed by atoms with van der Waals surface area (Å²) in [7, 11) is 0. The van der Waals surface area contributed by atoms with E-state index in [0.29, 0.717) is 5.75 Å². The van der Waals surface area contributed by atoms with Gasteiger partial charge in [0.05, 0.1) is 5.56 Å². The molecule has 1 rings (SSSR count). The molecule has 0 aromatic heterocycles. The van der Waals surface area contributed by atoms with Crippen molar-refractivity contribution in [1.29, 1.82) is 0 Å². The maximum Gasteiger partial charge on any atom is 0.335 e. The second kappa shape index (κ2) is 4.05. The Morgan fingerprint density at radius 3 is 2.33 bits per heavy atom. The van der Waals surface area contributed by atoms with Crippen LogP contribution in [0.25, 0.3) is 0 Å². The summed E-state index contributed by atoms with van der Waals surface area (Å²) in [5.74, 6) is 2.09. The number of hydrogen-bond acceptors (Lipinski definition) is 2. The van der Waals surface area contributed by atoms with Crippen LogP contribution < -0.4 is 4.74 Å². The molecule has 0 fully saturated rings. The van der Waals surface area contributed by atoms with Crippen molar-refractivity contribution in [2.75, 3.05) is 0 Å². The third-order valence-electron chi connectivity index (χ3n) is 1.82. The molecule has 0 bridgehead atoms. The van der Waals surface area contributed by atoms with Crippen molar-refractivity contribution in [1.82, 2.24) is 0 Å². The van der Waals surface area contributed by atoms with Crippen LogP contribution in [0.15, 0.2) is 24.3 Å². The molecule has 0 saturated heterocycles. The molecule has 0 aliphatic carbocycles. The molecule has 1 aromatic carbocycles. The van der Waals surface area contributed by atoms with Gasteiger partial charge in [-0.1, -0.05) is 5.92 Å². The van der Waals surface area contributed by atoms with E-state index < -0.39 is 11.6 Å². The van der Waals surface area contributed by atoms with E-state index in [1.807, 2.05) is 0 Å². The number of hydrogen-bond donors (Lipinski definition) is 1. The van der Waals surface area contributed by atoms with Gasteiger partial charge in [-0.3, -0.25) is 0 Å². The molecule has 0 unspecified atom stereocenters. The highest BCUT2D eigenvalue weighted by molar-refractivity contribution is 5.87. The zero-order valence-corrected chi connectivity index (χ0v) is 8.65. The van der Waals surface area contributed by atoms with Crippen molar-refractivity contribution >= 4 is 5.97 Å². The molecule has 15 heavy (non-hydrogen) atoms. The van der Waals surface area contributed by atoms with Crippen LogP contribution in [0.2, 0.25) is 0 Å². The van der Waals surface area contributed by atoms with Gasteiger partial charge in [0.25, 0.3) is 0 Å². The Labute approximate surface area is 88.7 Å². The van der Waals surface area contributed by atoms with E-state index in [9.17, 15) is 4.79 Å². The van der Waals surface area contributed by atoms with Crippen LogP contribution in [0.1, 0.15) is 24.2 Å². The van der Waals surface area contributed by atoms with Crippen molar-refractivity contribution in [3.63, 3.8) is 0 Å². The summed E-state index contributed by atoms with van der Waals surface area (Å²) < 4.78 is 5.46. The first kappa shape index (κ1) is 11.1. The molecular weight excluding hydrogens is 192 g/mol. The zero-order valence-electron chi connectivity index (χ0n) is 8.65. The topological polar surface area (TPSA) is 46.5 Å². The predicted octanol–water partition coefficient (Wildman–Crippen LogP) is 2.18. The third kappa shape index (κ3) is 3.03. The highest BCUT2D eigenvalue weighted by Crippen LogP contribution is 2.18. The van der Waals surface area contributed by atoms with E-state index in [4.69, 9.17) is 16.3 Å². The van der Waals surface area contributed by atoms with E-state index >= 15 is 0 Å². The van der Waals surface area contributed by atoms with E-state index in [1.165, 1.54) is 12.1 Å². The van der Waals surface area contributed by atoms with E-state index in [1.54, 1.807) is 26.0 Å². The first-order valence-corrected chi connectivity index (χ1v) is 4.45. The summed E-state index contributed by atoms with van der Waals surface area (Å²) in [6.45, 7) is 3.52. The summed E-state index contributed by atoms with van der Waals surface area (Å²) in [6.07, 6.45) is 5.26. The summed E-state index contributed by atoms with van der Waals surface area (Å²) in [4.78, 5) is 10.6. The molecule has 0 aliphatic rings. The van der Waals surface area contributed by atoms with Gasteiger partial charge in [-0.2, -0.15) is 0 Å². The third-order valence-corrected chi connectivity index (χ3v) is 1.82. The largest absolute Gasteiger partial charge is 0.478 e. The molecule has 3 nitrogen and oxygen atoms in total. The van der Waals surface area contributed by atoms with Crippen molar-refractivity contribution in [3.05, 3.63) is 29.8 Å². The van der Waals surface area contributed by atoms with Crippen LogP contribution in [0.4, 0.5) is 0 Å². The molecule has 0 saturated carbocycles. The highest BCUT2D eigenvalue weighted by Gasteiger charge is 2.15. The van der Waals surface area contributed by atoms with Crippen molar-refractivity contribution < 1.29 is 14.6 Å². The van der Waals surface area contributed by atoms with Crippen LogP contribution in [0.3, 0.4) is 0 Å². The second-order valence-corrected chi connectivity index (χ2v) is 3.59. The first-order valence-electron chi connectivity index (χ1n) is 4.45. The Kier molecular flexibility index (Phi) is 3.01. The Morgan fingerprint density at radius 2 is 1.93 bits per heavy atom. The van der Waals surface area contributed by atoms with Gasteiger partial charge in [-0.15, -0.1) is 6.42 Å². The molecule has 0 atom stereocenters. The first-order chi connectivity index (χ1) is 6.94. The number of ether oxygens (including phenoxy) is 1. The van der Waals surface area contributed by atoms with Gasteiger partial charge in [0.1, 0.15) is 5.75 Å². The minimum atomic E-state index is -0.960. The molecule has 0 aliphatic heterocycles. The fourth-order valence-corrected chi connectivity index (χ4v) is 0.990. The molecule has 0 radical (unpaired) electrons. The monoisotopic (exact) mass is 204 g/mol. The molecule has 1 aromatic rings. The summed E-state index contributed by atoms with van der Waals surface area (Å²) in [6, 6.07) is 6.12. The summed E-state index contributed by atoms with van der Waals surface area (Å²) in [5.41, 5.74) is -0.467. The van der Waals surface area contributed by atoms with Gasteiger partial charge in [-0.25, -0.2) is 4.79 Å². The van der Waals surface area contributed by atoms with E-state index in [2.05, 4.69) is 5.92 Å². The highest BCUT2D eigenvalue weighted by atomic mass is 16.5. The Morgan fingerprint density at radius 1 is 1.40 bits per heavy atom. The second-order valence-electron chi connectivity index (χ2n) is 3.59. The van der Waals surface area contributed by atoms with E-state index in [-0.39, 0.29) is 5.56 Å². The average molecular weight is 204 g/mol. The van der Waals surface area contributed by atoms with Crippen LogP contribution in [0.5, 0.6) is 5.75 Å². The lowest BCUT2D eigenvalue weighted by atomic mass is 10.1. The van der Waals surface area contributed by atoms with Gasteiger partial charge in [-0.05, 0) is 38.1 Å². The molecule has 0 amide bonds. The molecule has 0 spiro atoms. The fraction of sp³-hybridized carbons (Fsp3) is 0.250. The number of carbonyl (C=O) groups is 1. The molecule has 1 N–H and O–H groups in total. The molecular formula is C12H12O3.